The normalized spacial score (nSPS) is 21.2. The maximum absolute atomic E-state index is 10.3. The highest BCUT2D eigenvalue weighted by Crippen LogP contribution is 2.42. The van der Waals surface area contributed by atoms with Crippen molar-refractivity contribution in [3.63, 3.8) is 0 Å². The molecule has 2 nitrogen and oxygen atoms in total. The first kappa shape index (κ1) is 14.0. The summed E-state index contributed by atoms with van der Waals surface area (Å²) in [6, 6.07) is 10.5. The lowest BCUT2D eigenvalue weighted by atomic mass is 9.95. The summed E-state index contributed by atoms with van der Waals surface area (Å²) in [5.74, 6) is 0.634. The highest BCUT2D eigenvalue weighted by Gasteiger charge is 2.28. The Hall–Kier alpha value is -0.930. The number of ether oxygens (including phenoxy) is 1. The van der Waals surface area contributed by atoms with Crippen molar-refractivity contribution in [2.75, 3.05) is 0 Å². The second kappa shape index (κ2) is 5.45. The number of halogens is 3. The topological polar surface area (TPSA) is 29.5 Å². The smallest absolute Gasteiger partial charge is 0.127 e. The molecule has 0 saturated heterocycles. The van der Waals surface area contributed by atoms with Gasteiger partial charge < -0.3 is 9.84 Å². The van der Waals surface area contributed by atoms with Crippen molar-refractivity contribution < 1.29 is 9.84 Å². The Labute approximate surface area is 131 Å². The van der Waals surface area contributed by atoms with E-state index in [0.29, 0.717) is 32.8 Å². The van der Waals surface area contributed by atoms with Crippen LogP contribution < -0.4 is 4.74 Å². The summed E-state index contributed by atoms with van der Waals surface area (Å²) in [7, 11) is 0. The quantitative estimate of drug-likeness (QED) is 0.779. The summed E-state index contributed by atoms with van der Waals surface area (Å²) in [5, 5.41) is 11.9. The lowest BCUT2D eigenvalue weighted by molar-refractivity contribution is 0.0657. The first-order valence-electron chi connectivity index (χ1n) is 6.13. The van der Waals surface area contributed by atoms with Gasteiger partial charge in [-0.25, -0.2) is 0 Å². The third-order valence-electron chi connectivity index (χ3n) is 3.29. The highest BCUT2D eigenvalue weighted by atomic mass is 35.5. The number of aliphatic hydroxyl groups excluding tert-OH is 1. The lowest BCUT2D eigenvalue weighted by Crippen LogP contribution is -2.19. The molecule has 5 heteroatoms. The molecular formula is C15H11Cl3O2. The van der Waals surface area contributed by atoms with Crippen molar-refractivity contribution in [3.05, 3.63) is 62.6 Å². The number of fused-ring (bicyclic) bond motifs is 1. The van der Waals surface area contributed by atoms with Crippen LogP contribution in [0.1, 0.15) is 29.8 Å². The molecule has 1 aliphatic rings. The van der Waals surface area contributed by atoms with Gasteiger partial charge in [0.15, 0.2) is 0 Å². The van der Waals surface area contributed by atoms with Gasteiger partial charge in [0.2, 0.25) is 0 Å². The Balaban J connectivity index is 1.96. The van der Waals surface area contributed by atoms with E-state index in [1.54, 1.807) is 36.4 Å². The van der Waals surface area contributed by atoms with Crippen LogP contribution in [-0.2, 0) is 0 Å². The van der Waals surface area contributed by atoms with Gasteiger partial charge in [-0.15, -0.1) is 0 Å². The van der Waals surface area contributed by atoms with Crippen LogP contribution in [0.3, 0.4) is 0 Å². The molecule has 3 rings (SSSR count). The number of hydrogen-bond donors (Lipinski definition) is 1. The van der Waals surface area contributed by atoms with Gasteiger partial charge in [-0.05, 0) is 42.0 Å². The van der Waals surface area contributed by atoms with Gasteiger partial charge in [0.05, 0.1) is 6.10 Å². The van der Waals surface area contributed by atoms with E-state index < -0.39 is 6.10 Å². The molecule has 1 N–H and O–H groups in total. The van der Waals surface area contributed by atoms with E-state index in [-0.39, 0.29) is 6.10 Å². The van der Waals surface area contributed by atoms with Crippen molar-refractivity contribution in [1.82, 2.24) is 0 Å². The average Bonchev–Trinajstić information content (AvgIpc) is 2.38. The molecule has 0 radical (unpaired) electrons. The highest BCUT2D eigenvalue weighted by molar-refractivity contribution is 6.34. The summed E-state index contributed by atoms with van der Waals surface area (Å²) in [6.45, 7) is 0. The maximum atomic E-state index is 10.3. The van der Waals surface area contributed by atoms with Crippen LogP contribution in [0.4, 0.5) is 0 Å². The molecule has 0 fully saturated rings. The molecule has 0 bridgehead atoms. The number of hydrogen-bond acceptors (Lipinski definition) is 2. The molecule has 2 atom stereocenters. The predicted octanol–water partition coefficient (Wildman–Crippen LogP) is 5.20. The monoisotopic (exact) mass is 328 g/mol. The van der Waals surface area contributed by atoms with E-state index in [0.717, 1.165) is 5.56 Å². The Kier molecular flexibility index (Phi) is 3.83. The van der Waals surface area contributed by atoms with Crippen molar-refractivity contribution in [1.29, 1.82) is 0 Å². The molecule has 0 aliphatic carbocycles. The van der Waals surface area contributed by atoms with Crippen molar-refractivity contribution in [2.45, 2.75) is 18.6 Å². The minimum absolute atomic E-state index is 0.283. The predicted molar refractivity (Wildman–Crippen MR) is 80.9 cm³/mol. The second-order valence-corrected chi connectivity index (χ2v) is 6.05. The van der Waals surface area contributed by atoms with Crippen LogP contribution in [0.25, 0.3) is 0 Å². The molecule has 0 saturated carbocycles. The minimum Gasteiger partial charge on any atom is -0.485 e. The molecule has 2 unspecified atom stereocenters. The van der Waals surface area contributed by atoms with E-state index in [4.69, 9.17) is 39.5 Å². The fourth-order valence-corrected chi connectivity index (χ4v) is 3.11. The van der Waals surface area contributed by atoms with E-state index in [9.17, 15) is 5.11 Å². The van der Waals surface area contributed by atoms with Crippen molar-refractivity contribution in [2.24, 2.45) is 0 Å². The van der Waals surface area contributed by atoms with Gasteiger partial charge in [0, 0.05) is 27.1 Å². The van der Waals surface area contributed by atoms with Crippen LogP contribution in [0.15, 0.2) is 36.4 Å². The van der Waals surface area contributed by atoms with E-state index in [2.05, 4.69) is 0 Å². The Bertz CT molecular complexity index is 637. The average molecular weight is 330 g/mol. The van der Waals surface area contributed by atoms with Crippen molar-refractivity contribution >= 4 is 34.8 Å². The summed E-state index contributed by atoms with van der Waals surface area (Å²) in [6.07, 6.45) is -0.473. The Morgan fingerprint density at radius 2 is 1.65 bits per heavy atom. The van der Waals surface area contributed by atoms with E-state index in [1.165, 1.54) is 0 Å². The third kappa shape index (κ3) is 2.75. The number of rotatable bonds is 1. The zero-order valence-corrected chi connectivity index (χ0v) is 12.6. The van der Waals surface area contributed by atoms with Gasteiger partial charge >= 0.3 is 0 Å². The van der Waals surface area contributed by atoms with Gasteiger partial charge in [0.25, 0.3) is 0 Å². The first-order chi connectivity index (χ1) is 9.52. The first-order valence-corrected chi connectivity index (χ1v) is 7.26. The zero-order chi connectivity index (χ0) is 14.3. The summed E-state index contributed by atoms with van der Waals surface area (Å²) in [5.41, 5.74) is 1.56. The number of aliphatic hydroxyl groups is 1. The van der Waals surface area contributed by atoms with E-state index in [1.807, 2.05) is 0 Å². The Morgan fingerprint density at radius 1 is 0.950 bits per heavy atom. The fraction of sp³-hybridized carbons (Fsp3) is 0.200. The molecule has 0 spiro atoms. The van der Waals surface area contributed by atoms with Crippen LogP contribution >= 0.6 is 34.8 Å². The largest absolute Gasteiger partial charge is 0.485 e. The molecule has 20 heavy (non-hydrogen) atoms. The SMILES string of the molecule is OC1CC(c2cc(Cl)cc(Cl)c2)Oc2ccc(Cl)cc21. The second-order valence-electron chi connectivity index (χ2n) is 4.74. The molecule has 1 heterocycles. The molecule has 0 aromatic heterocycles. The fourth-order valence-electron chi connectivity index (χ4n) is 2.38. The molecule has 2 aromatic rings. The molecule has 1 aliphatic heterocycles. The lowest BCUT2D eigenvalue weighted by Gasteiger charge is -2.30. The third-order valence-corrected chi connectivity index (χ3v) is 3.97. The molecule has 0 amide bonds. The van der Waals surface area contributed by atoms with Gasteiger partial charge in [-0.3, -0.25) is 0 Å². The van der Waals surface area contributed by atoms with E-state index >= 15 is 0 Å². The summed E-state index contributed by atoms with van der Waals surface area (Å²) >= 11 is 17.9. The molecule has 2 aromatic carbocycles. The standard InChI is InChI=1S/C15H11Cl3O2/c16-9-1-2-14-12(6-9)13(19)7-15(20-14)8-3-10(17)5-11(18)4-8/h1-6,13,15,19H,7H2. The van der Waals surface area contributed by atoms with Crippen molar-refractivity contribution in [3.8, 4) is 5.75 Å². The van der Waals surface area contributed by atoms with Crippen LogP contribution in [0.5, 0.6) is 5.75 Å². The van der Waals surface area contributed by atoms with Crippen LogP contribution in [-0.4, -0.2) is 5.11 Å². The summed E-state index contributed by atoms with van der Waals surface area (Å²) < 4.78 is 5.92. The van der Waals surface area contributed by atoms with Gasteiger partial charge in [-0.2, -0.15) is 0 Å². The Morgan fingerprint density at radius 3 is 2.35 bits per heavy atom. The molecular weight excluding hydrogens is 319 g/mol. The summed E-state index contributed by atoms with van der Waals surface area (Å²) in [4.78, 5) is 0. The van der Waals surface area contributed by atoms with Crippen LogP contribution in [0, 0.1) is 0 Å². The molecule has 104 valence electrons. The van der Waals surface area contributed by atoms with Crippen LogP contribution in [0.2, 0.25) is 15.1 Å². The van der Waals surface area contributed by atoms with Gasteiger partial charge in [-0.1, -0.05) is 34.8 Å². The zero-order valence-electron chi connectivity index (χ0n) is 10.3. The number of benzene rings is 2. The van der Waals surface area contributed by atoms with Gasteiger partial charge in [0.1, 0.15) is 11.9 Å². The minimum atomic E-state index is -0.625. The maximum Gasteiger partial charge on any atom is 0.127 e.